The van der Waals surface area contributed by atoms with Crippen LogP contribution in [-0.2, 0) is 4.79 Å². The molecule has 1 N–H and O–H groups in total. The molecule has 3 aromatic rings. The maximum atomic E-state index is 12.8. The number of nitrogens with one attached hydrogen (secondary N) is 1. The molecular weight excluding hydrogens is 434 g/mol. The number of methoxy groups -OCH3 is 1. The number of carbonyl (C=O) groups is 1. The van der Waals surface area contributed by atoms with Gasteiger partial charge in [-0.2, -0.15) is 0 Å². The van der Waals surface area contributed by atoms with Crippen molar-refractivity contribution in [3.8, 4) is 17.0 Å². The number of allylic oxidation sites excluding steroid dienone is 1. The molecule has 5 rings (SSSR count). The normalized spacial score (nSPS) is 18.9. The van der Waals surface area contributed by atoms with Gasteiger partial charge in [-0.25, -0.2) is 9.50 Å². The summed E-state index contributed by atoms with van der Waals surface area (Å²) in [5.41, 5.74) is 3.44. The van der Waals surface area contributed by atoms with E-state index in [-0.39, 0.29) is 11.8 Å². The molecule has 1 fully saturated rings. The Morgan fingerprint density at radius 3 is 2.88 bits per heavy atom. The molecule has 0 spiro atoms. The predicted octanol–water partition coefficient (Wildman–Crippen LogP) is 4.69. The molecule has 8 heteroatoms. The number of fused-ring (bicyclic) bond motifs is 1. The number of benzene rings is 1. The Labute approximate surface area is 198 Å². The van der Waals surface area contributed by atoms with Crippen LogP contribution in [0.1, 0.15) is 44.9 Å². The van der Waals surface area contributed by atoms with Crippen molar-refractivity contribution in [2.75, 3.05) is 31.6 Å². The Kier molecular flexibility index (Phi) is 6.62. The smallest absolute Gasteiger partial charge is 0.224 e. The second-order valence-electron chi connectivity index (χ2n) is 8.90. The van der Waals surface area contributed by atoms with Gasteiger partial charge in [-0.15, -0.1) is 5.10 Å². The number of piperidine rings is 1. The number of aromatic nitrogens is 3. The first-order chi connectivity index (χ1) is 16.2. The summed E-state index contributed by atoms with van der Waals surface area (Å²) in [6.07, 6.45) is 12.2. The highest BCUT2D eigenvalue weighted by atomic mass is 32.1. The molecule has 2 aromatic heterocycles. The molecule has 1 atom stereocenters. The van der Waals surface area contributed by atoms with Crippen LogP contribution in [-0.4, -0.2) is 47.2 Å². The van der Waals surface area contributed by atoms with Gasteiger partial charge in [-0.1, -0.05) is 23.0 Å². The molecule has 174 valence electrons. The van der Waals surface area contributed by atoms with Gasteiger partial charge in [0.25, 0.3) is 0 Å². The number of carbonyl (C=O) groups excluding carboxylic acids is 1. The number of hydrogen-bond donors (Lipinski definition) is 1. The second kappa shape index (κ2) is 9.95. The largest absolute Gasteiger partial charge is 0.497 e. The summed E-state index contributed by atoms with van der Waals surface area (Å²) in [6, 6.07) is 7.88. The second-order valence-corrected chi connectivity index (χ2v) is 9.84. The number of rotatable bonds is 7. The van der Waals surface area contributed by atoms with Crippen LogP contribution in [0.4, 0.5) is 5.13 Å². The van der Waals surface area contributed by atoms with Gasteiger partial charge in [0, 0.05) is 25.2 Å². The van der Waals surface area contributed by atoms with Gasteiger partial charge in [0.15, 0.2) is 0 Å². The number of ether oxygens (including phenoxy) is 1. The molecule has 0 saturated carbocycles. The maximum absolute atomic E-state index is 12.8. The molecular formula is C25H31N5O2S. The topological polar surface area (TPSA) is 71.8 Å². The van der Waals surface area contributed by atoms with Crippen LogP contribution >= 0.6 is 11.3 Å². The molecule has 0 unspecified atom stereocenters. The Morgan fingerprint density at radius 1 is 1.24 bits per heavy atom. The Balaban J connectivity index is 1.19. The highest BCUT2D eigenvalue weighted by molar-refractivity contribution is 7.20. The molecule has 3 heterocycles. The standard InChI is InChI=1S/C25H31N5O2S/c1-32-21-11-9-19(10-12-21)22-17-30-24(27-22)33-25(28-30)29-15-5-8-20(16-29)23(31)26-14-13-18-6-3-2-4-7-18/h6,9-12,17,20H,2-5,7-8,13-16H2,1H3,(H,26,31)/t20-/m0/s1. The van der Waals surface area contributed by atoms with E-state index in [9.17, 15) is 4.79 Å². The molecule has 1 aromatic carbocycles. The fourth-order valence-corrected chi connectivity index (χ4v) is 5.62. The fourth-order valence-electron chi connectivity index (χ4n) is 4.71. The van der Waals surface area contributed by atoms with Crippen molar-refractivity contribution in [3.63, 3.8) is 0 Å². The van der Waals surface area contributed by atoms with E-state index in [2.05, 4.69) is 16.3 Å². The Bertz CT molecular complexity index is 1100. The van der Waals surface area contributed by atoms with Crippen molar-refractivity contribution in [1.29, 1.82) is 0 Å². The average molecular weight is 466 g/mol. The monoisotopic (exact) mass is 465 g/mol. The lowest BCUT2D eigenvalue weighted by Crippen LogP contribution is -2.43. The van der Waals surface area contributed by atoms with Gasteiger partial charge in [0.05, 0.1) is 24.9 Å². The predicted molar refractivity (Wildman–Crippen MR) is 132 cm³/mol. The first kappa shape index (κ1) is 21.9. The van der Waals surface area contributed by atoms with Crippen LogP contribution in [0.5, 0.6) is 5.75 Å². The van der Waals surface area contributed by atoms with E-state index < -0.39 is 0 Å². The van der Waals surface area contributed by atoms with Crippen molar-refractivity contribution >= 4 is 27.3 Å². The number of anilines is 1. The van der Waals surface area contributed by atoms with Crippen molar-refractivity contribution in [2.45, 2.75) is 44.9 Å². The highest BCUT2D eigenvalue weighted by Gasteiger charge is 2.27. The molecule has 33 heavy (non-hydrogen) atoms. The van der Waals surface area contributed by atoms with Crippen LogP contribution in [0, 0.1) is 5.92 Å². The first-order valence-corrected chi connectivity index (χ1v) is 12.7. The van der Waals surface area contributed by atoms with Crippen molar-refractivity contribution in [2.24, 2.45) is 5.92 Å². The minimum absolute atomic E-state index is 0.0187. The van der Waals surface area contributed by atoms with Crippen LogP contribution in [0.2, 0.25) is 0 Å². The Hall–Kier alpha value is -2.87. The number of nitrogens with zero attached hydrogens (tertiary/aromatic N) is 4. The summed E-state index contributed by atoms with van der Waals surface area (Å²) < 4.78 is 7.08. The average Bonchev–Trinajstić information content (AvgIpc) is 3.45. The van der Waals surface area contributed by atoms with Gasteiger partial charge in [0.2, 0.25) is 16.0 Å². The summed E-state index contributed by atoms with van der Waals surface area (Å²) in [7, 11) is 1.66. The van der Waals surface area contributed by atoms with Gasteiger partial charge in [0.1, 0.15) is 5.75 Å². The minimum Gasteiger partial charge on any atom is -0.497 e. The zero-order valence-electron chi connectivity index (χ0n) is 19.1. The van der Waals surface area contributed by atoms with E-state index in [1.54, 1.807) is 18.4 Å². The molecule has 1 saturated heterocycles. The quantitative estimate of drug-likeness (QED) is 0.513. The lowest BCUT2D eigenvalue weighted by molar-refractivity contribution is -0.125. The third kappa shape index (κ3) is 5.05. The van der Waals surface area contributed by atoms with Crippen molar-refractivity contribution in [1.82, 2.24) is 19.9 Å². The molecule has 1 aliphatic carbocycles. The summed E-state index contributed by atoms with van der Waals surface area (Å²) in [6.45, 7) is 2.40. The summed E-state index contributed by atoms with van der Waals surface area (Å²) in [5.74, 6) is 1.03. The molecule has 2 aliphatic rings. The van der Waals surface area contributed by atoms with E-state index in [4.69, 9.17) is 14.8 Å². The summed E-state index contributed by atoms with van der Waals surface area (Å²) in [5, 5.41) is 8.88. The number of hydrogen-bond acceptors (Lipinski definition) is 6. The Morgan fingerprint density at radius 2 is 2.12 bits per heavy atom. The number of imidazole rings is 1. The zero-order chi connectivity index (χ0) is 22.6. The molecule has 0 bridgehead atoms. The van der Waals surface area contributed by atoms with Crippen LogP contribution < -0.4 is 15.0 Å². The van der Waals surface area contributed by atoms with Gasteiger partial charge in [-0.05, 0) is 69.2 Å². The molecule has 7 nitrogen and oxygen atoms in total. The minimum atomic E-state index is 0.0187. The van der Waals surface area contributed by atoms with E-state index in [0.717, 1.165) is 66.0 Å². The van der Waals surface area contributed by atoms with Crippen molar-refractivity contribution in [3.05, 3.63) is 42.1 Å². The molecule has 1 amide bonds. The van der Waals surface area contributed by atoms with E-state index >= 15 is 0 Å². The van der Waals surface area contributed by atoms with Gasteiger partial charge in [-0.3, -0.25) is 4.79 Å². The molecule has 1 aliphatic heterocycles. The summed E-state index contributed by atoms with van der Waals surface area (Å²) >= 11 is 1.58. The highest BCUT2D eigenvalue weighted by Crippen LogP contribution is 2.30. The maximum Gasteiger partial charge on any atom is 0.224 e. The van der Waals surface area contributed by atoms with E-state index in [1.165, 1.54) is 31.3 Å². The van der Waals surface area contributed by atoms with E-state index in [0.29, 0.717) is 0 Å². The van der Waals surface area contributed by atoms with Crippen molar-refractivity contribution < 1.29 is 9.53 Å². The zero-order valence-corrected chi connectivity index (χ0v) is 19.9. The van der Waals surface area contributed by atoms with Gasteiger partial charge < -0.3 is 15.0 Å². The van der Waals surface area contributed by atoms with Crippen LogP contribution in [0.25, 0.3) is 16.2 Å². The molecule has 0 radical (unpaired) electrons. The SMILES string of the molecule is COc1ccc(-c2cn3nc(N4CCC[C@H](C(=O)NCCC5=CCCCC5)C4)sc3n2)cc1. The third-order valence-electron chi connectivity index (χ3n) is 6.61. The first-order valence-electron chi connectivity index (χ1n) is 11.9. The van der Waals surface area contributed by atoms with Gasteiger partial charge >= 0.3 is 0 Å². The van der Waals surface area contributed by atoms with Crippen LogP contribution in [0.15, 0.2) is 42.1 Å². The fraction of sp³-hybridized carbons (Fsp3) is 0.480. The lowest BCUT2D eigenvalue weighted by atomic mass is 9.96. The third-order valence-corrected chi connectivity index (χ3v) is 7.59. The lowest BCUT2D eigenvalue weighted by Gasteiger charge is -2.31. The summed E-state index contributed by atoms with van der Waals surface area (Å²) in [4.78, 5) is 20.6. The van der Waals surface area contributed by atoms with Crippen LogP contribution in [0.3, 0.4) is 0 Å². The number of amides is 1. The van der Waals surface area contributed by atoms with E-state index in [1.807, 2.05) is 35.0 Å².